The van der Waals surface area contributed by atoms with Crippen molar-refractivity contribution in [3.05, 3.63) is 33.4 Å². The third-order valence-corrected chi connectivity index (χ3v) is 3.77. The number of carbonyl (C=O) groups excluding carboxylic acids is 1. The molecule has 0 aromatic carbocycles. The van der Waals surface area contributed by atoms with E-state index in [4.69, 9.17) is 10.00 Å². The highest BCUT2D eigenvalue weighted by Crippen LogP contribution is 2.19. The van der Waals surface area contributed by atoms with Crippen molar-refractivity contribution >= 4 is 23.1 Å². The lowest BCUT2D eigenvalue weighted by Gasteiger charge is -2.02. The zero-order valence-electron chi connectivity index (χ0n) is 12.3. The number of hydrogen-bond donors (Lipinski definition) is 1. The predicted molar refractivity (Wildman–Crippen MR) is 81.7 cm³/mol. The van der Waals surface area contributed by atoms with E-state index in [2.05, 4.69) is 20.5 Å². The Bertz CT molecular complexity index is 707. The lowest BCUT2D eigenvalue weighted by molar-refractivity contribution is 0.0519. The number of anilines is 1. The summed E-state index contributed by atoms with van der Waals surface area (Å²) in [6, 6.07) is 3.64. The standard InChI is InChI=1S/C14H15N5O2S/c1-3-21-14(20)13-9(2)22-12(18-13)4-5-16-11-6-10(7-15)8-17-19-11/h6,8H,3-5H2,1-2H3,(H,16,19). The minimum Gasteiger partial charge on any atom is -0.461 e. The second-order valence-corrected chi connectivity index (χ2v) is 5.64. The maximum absolute atomic E-state index is 11.7. The number of carbonyl (C=O) groups is 1. The minimum atomic E-state index is -0.386. The molecule has 0 bridgehead atoms. The second-order valence-electron chi connectivity index (χ2n) is 4.35. The first-order chi connectivity index (χ1) is 10.6. The first kappa shape index (κ1) is 15.9. The summed E-state index contributed by atoms with van der Waals surface area (Å²) in [6.45, 7) is 4.53. The van der Waals surface area contributed by atoms with Gasteiger partial charge in [0.25, 0.3) is 0 Å². The molecule has 0 aliphatic carbocycles. The van der Waals surface area contributed by atoms with Gasteiger partial charge in [-0.2, -0.15) is 10.4 Å². The van der Waals surface area contributed by atoms with Gasteiger partial charge in [0.2, 0.25) is 0 Å². The molecule has 0 fully saturated rings. The molecule has 7 nitrogen and oxygen atoms in total. The van der Waals surface area contributed by atoms with Crippen LogP contribution < -0.4 is 5.32 Å². The number of nitrogens with one attached hydrogen (secondary N) is 1. The zero-order chi connectivity index (χ0) is 15.9. The van der Waals surface area contributed by atoms with E-state index < -0.39 is 0 Å². The van der Waals surface area contributed by atoms with Gasteiger partial charge in [0.05, 0.1) is 23.4 Å². The Morgan fingerprint density at radius 1 is 1.55 bits per heavy atom. The second kappa shape index (κ2) is 7.47. The highest BCUT2D eigenvalue weighted by atomic mass is 32.1. The molecule has 2 rings (SSSR count). The Morgan fingerprint density at radius 3 is 3.09 bits per heavy atom. The first-order valence-electron chi connectivity index (χ1n) is 6.74. The van der Waals surface area contributed by atoms with Crippen LogP contribution in [-0.2, 0) is 11.2 Å². The van der Waals surface area contributed by atoms with Crippen molar-refractivity contribution in [2.24, 2.45) is 0 Å². The number of thiazole rings is 1. The number of ether oxygens (including phenoxy) is 1. The number of aromatic nitrogens is 3. The van der Waals surface area contributed by atoms with Crippen LogP contribution in [0.4, 0.5) is 5.82 Å². The average Bonchev–Trinajstić information content (AvgIpc) is 2.89. The van der Waals surface area contributed by atoms with Crippen LogP contribution in [-0.4, -0.2) is 34.3 Å². The number of rotatable bonds is 6. The fourth-order valence-electron chi connectivity index (χ4n) is 1.76. The van der Waals surface area contributed by atoms with E-state index in [1.54, 1.807) is 13.0 Å². The molecule has 114 valence electrons. The third kappa shape index (κ3) is 3.99. The van der Waals surface area contributed by atoms with Crippen molar-refractivity contribution in [3.8, 4) is 6.07 Å². The lowest BCUT2D eigenvalue weighted by atomic mass is 10.3. The largest absolute Gasteiger partial charge is 0.461 e. The van der Waals surface area contributed by atoms with Gasteiger partial charge in [-0.1, -0.05) is 0 Å². The van der Waals surface area contributed by atoms with Crippen LogP contribution in [0.1, 0.15) is 32.9 Å². The summed E-state index contributed by atoms with van der Waals surface area (Å²) in [6.07, 6.45) is 2.05. The summed E-state index contributed by atoms with van der Waals surface area (Å²) in [5.41, 5.74) is 0.834. The highest BCUT2D eigenvalue weighted by molar-refractivity contribution is 7.11. The molecule has 0 spiro atoms. The Kier molecular flexibility index (Phi) is 5.38. The van der Waals surface area contributed by atoms with Crippen LogP contribution in [0, 0.1) is 18.3 Å². The number of nitriles is 1. The Morgan fingerprint density at radius 2 is 2.36 bits per heavy atom. The topological polar surface area (TPSA) is 101 Å². The number of aryl methyl sites for hydroxylation is 1. The van der Waals surface area contributed by atoms with E-state index in [9.17, 15) is 4.79 Å². The van der Waals surface area contributed by atoms with Crippen LogP contribution in [0.15, 0.2) is 12.3 Å². The van der Waals surface area contributed by atoms with Crippen molar-refractivity contribution in [1.82, 2.24) is 15.2 Å². The van der Waals surface area contributed by atoms with E-state index >= 15 is 0 Å². The molecule has 1 N–H and O–H groups in total. The zero-order valence-corrected chi connectivity index (χ0v) is 13.1. The van der Waals surface area contributed by atoms with Crippen LogP contribution in [0.3, 0.4) is 0 Å². The molecule has 2 aromatic rings. The molecular formula is C14H15N5O2S. The summed E-state index contributed by atoms with van der Waals surface area (Å²) < 4.78 is 4.96. The van der Waals surface area contributed by atoms with E-state index in [1.807, 2.05) is 13.0 Å². The molecule has 0 amide bonds. The highest BCUT2D eigenvalue weighted by Gasteiger charge is 2.16. The van der Waals surface area contributed by atoms with Crippen molar-refractivity contribution in [2.45, 2.75) is 20.3 Å². The summed E-state index contributed by atoms with van der Waals surface area (Å²) in [5.74, 6) is 0.154. The van der Waals surface area contributed by atoms with Gasteiger partial charge in [-0.25, -0.2) is 9.78 Å². The molecule has 0 radical (unpaired) electrons. The molecule has 8 heteroatoms. The smallest absolute Gasteiger partial charge is 0.358 e. The van der Waals surface area contributed by atoms with Crippen molar-refractivity contribution < 1.29 is 9.53 Å². The molecule has 2 aromatic heterocycles. The van der Waals surface area contributed by atoms with Crippen LogP contribution in [0.2, 0.25) is 0 Å². The lowest BCUT2D eigenvalue weighted by Crippen LogP contribution is -2.09. The molecule has 22 heavy (non-hydrogen) atoms. The van der Waals surface area contributed by atoms with Crippen molar-refractivity contribution in [1.29, 1.82) is 5.26 Å². The van der Waals surface area contributed by atoms with Crippen molar-refractivity contribution in [3.63, 3.8) is 0 Å². The number of nitrogens with zero attached hydrogens (tertiary/aromatic N) is 4. The summed E-state index contributed by atoms with van der Waals surface area (Å²) in [4.78, 5) is 16.9. The Labute approximate surface area is 132 Å². The molecular weight excluding hydrogens is 302 g/mol. The van der Waals surface area contributed by atoms with E-state index in [0.717, 1.165) is 9.88 Å². The predicted octanol–water partition coefficient (Wildman–Crippen LogP) is 1.94. The van der Waals surface area contributed by atoms with Crippen molar-refractivity contribution in [2.75, 3.05) is 18.5 Å². The molecule has 0 saturated heterocycles. The Balaban J connectivity index is 1.93. The molecule has 0 aliphatic rings. The van der Waals surface area contributed by atoms with Gasteiger partial charge in [0.15, 0.2) is 5.69 Å². The monoisotopic (exact) mass is 317 g/mol. The first-order valence-corrected chi connectivity index (χ1v) is 7.55. The van der Waals surface area contributed by atoms with Crippen LogP contribution in [0.25, 0.3) is 0 Å². The normalized spacial score (nSPS) is 10.0. The van der Waals surface area contributed by atoms with Gasteiger partial charge in [0.1, 0.15) is 11.9 Å². The number of esters is 1. The van der Waals surface area contributed by atoms with E-state index in [1.165, 1.54) is 17.5 Å². The minimum absolute atomic E-state index is 0.334. The molecule has 0 aliphatic heterocycles. The van der Waals surface area contributed by atoms with Gasteiger partial charge in [0, 0.05) is 23.9 Å². The maximum atomic E-state index is 11.7. The fraction of sp³-hybridized carbons (Fsp3) is 0.357. The van der Waals surface area contributed by atoms with Gasteiger partial charge in [-0.05, 0) is 13.8 Å². The molecule has 0 saturated carbocycles. The SMILES string of the molecule is CCOC(=O)c1nc(CCNc2cc(C#N)cnn2)sc1C. The maximum Gasteiger partial charge on any atom is 0.358 e. The van der Waals surface area contributed by atoms with Crippen LogP contribution in [0.5, 0.6) is 0 Å². The average molecular weight is 317 g/mol. The van der Waals surface area contributed by atoms with Gasteiger partial charge < -0.3 is 10.1 Å². The van der Waals surface area contributed by atoms with E-state index in [0.29, 0.717) is 36.6 Å². The fourth-order valence-corrected chi connectivity index (χ4v) is 2.68. The third-order valence-electron chi connectivity index (χ3n) is 2.74. The van der Waals surface area contributed by atoms with E-state index in [-0.39, 0.29) is 5.97 Å². The summed E-state index contributed by atoms with van der Waals surface area (Å²) >= 11 is 1.47. The Hall–Kier alpha value is -2.53. The summed E-state index contributed by atoms with van der Waals surface area (Å²) in [5, 5.41) is 20.3. The molecule has 0 atom stereocenters. The van der Waals surface area contributed by atoms with Gasteiger partial charge in [-0.15, -0.1) is 16.4 Å². The number of hydrogen-bond acceptors (Lipinski definition) is 8. The van der Waals surface area contributed by atoms with Gasteiger partial charge in [-0.3, -0.25) is 0 Å². The molecule has 0 unspecified atom stereocenters. The molecule has 2 heterocycles. The summed E-state index contributed by atoms with van der Waals surface area (Å²) in [7, 11) is 0. The van der Waals surface area contributed by atoms with Gasteiger partial charge >= 0.3 is 5.97 Å². The quantitative estimate of drug-likeness (QED) is 0.812. The van der Waals surface area contributed by atoms with Crippen LogP contribution >= 0.6 is 11.3 Å².